The topological polar surface area (TPSA) is 24.5 Å². The van der Waals surface area contributed by atoms with Crippen LogP contribution in [0.2, 0.25) is 0 Å². The number of hydrogen-bond donors (Lipinski definition) is 1. The summed E-state index contributed by atoms with van der Waals surface area (Å²) in [6, 6.07) is 9.77. The smallest absolute Gasteiger partial charge is 0.0593 e. The number of benzene rings is 1. The summed E-state index contributed by atoms with van der Waals surface area (Å²) in [5.41, 5.74) is 2.75. The maximum absolute atomic E-state index is 5.50. The first kappa shape index (κ1) is 18.1. The SMILES string of the molecule is CCOCCN(CC)C(C)C(NC)c1ccc(CC)cc1. The van der Waals surface area contributed by atoms with Crippen LogP contribution in [0, 0.1) is 0 Å². The van der Waals surface area contributed by atoms with Gasteiger partial charge < -0.3 is 10.1 Å². The van der Waals surface area contributed by atoms with E-state index in [9.17, 15) is 0 Å². The van der Waals surface area contributed by atoms with Crippen LogP contribution in [-0.4, -0.2) is 44.3 Å². The van der Waals surface area contributed by atoms with Crippen molar-refractivity contribution in [2.75, 3.05) is 33.4 Å². The molecule has 2 atom stereocenters. The highest BCUT2D eigenvalue weighted by atomic mass is 16.5. The standard InChI is InChI=1S/C18H32N2O/c1-6-16-9-11-17(12-10-16)18(19-5)15(4)20(7-2)13-14-21-8-3/h9-12,15,18-19H,6-8,13-14H2,1-5H3. The van der Waals surface area contributed by atoms with Crippen LogP contribution in [0.15, 0.2) is 24.3 Å². The van der Waals surface area contributed by atoms with Gasteiger partial charge >= 0.3 is 0 Å². The lowest BCUT2D eigenvalue weighted by Crippen LogP contribution is -2.43. The van der Waals surface area contributed by atoms with E-state index >= 15 is 0 Å². The van der Waals surface area contributed by atoms with Crippen molar-refractivity contribution in [1.82, 2.24) is 10.2 Å². The van der Waals surface area contributed by atoms with Crippen molar-refractivity contribution < 1.29 is 4.74 Å². The van der Waals surface area contributed by atoms with Gasteiger partial charge in [0.1, 0.15) is 0 Å². The van der Waals surface area contributed by atoms with Crippen LogP contribution in [0.3, 0.4) is 0 Å². The molecule has 0 heterocycles. The fourth-order valence-electron chi connectivity index (χ4n) is 2.83. The first-order chi connectivity index (χ1) is 10.2. The number of ether oxygens (including phenoxy) is 1. The van der Waals surface area contributed by atoms with Crippen LogP contribution in [-0.2, 0) is 11.2 Å². The second kappa shape index (κ2) is 9.93. The van der Waals surface area contributed by atoms with Gasteiger partial charge in [-0.2, -0.15) is 0 Å². The van der Waals surface area contributed by atoms with E-state index in [0.29, 0.717) is 12.1 Å². The van der Waals surface area contributed by atoms with Gasteiger partial charge in [-0.3, -0.25) is 4.90 Å². The third-order valence-electron chi connectivity index (χ3n) is 4.25. The Labute approximate surface area is 130 Å². The van der Waals surface area contributed by atoms with E-state index in [4.69, 9.17) is 4.74 Å². The zero-order valence-corrected chi connectivity index (χ0v) is 14.4. The maximum atomic E-state index is 5.50. The maximum Gasteiger partial charge on any atom is 0.0593 e. The zero-order chi connectivity index (χ0) is 15.7. The van der Waals surface area contributed by atoms with Gasteiger partial charge in [0.05, 0.1) is 6.61 Å². The molecule has 0 spiro atoms. The molecule has 0 fully saturated rings. The van der Waals surface area contributed by atoms with Gasteiger partial charge in [-0.25, -0.2) is 0 Å². The quantitative estimate of drug-likeness (QED) is 0.670. The second-order valence-electron chi connectivity index (χ2n) is 5.43. The molecule has 1 aromatic carbocycles. The lowest BCUT2D eigenvalue weighted by atomic mass is 9.97. The van der Waals surface area contributed by atoms with E-state index in [2.05, 4.69) is 55.3 Å². The summed E-state index contributed by atoms with van der Waals surface area (Å²) in [5, 5.41) is 3.48. The minimum Gasteiger partial charge on any atom is -0.380 e. The van der Waals surface area contributed by atoms with Crippen molar-refractivity contribution in [2.45, 2.75) is 46.2 Å². The Morgan fingerprint density at radius 1 is 1.14 bits per heavy atom. The molecule has 0 aliphatic heterocycles. The third-order valence-corrected chi connectivity index (χ3v) is 4.25. The fraction of sp³-hybridized carbons (Fsp3) is 0.667. The molecule has 0 bridgehead atoms. The van der Waals surface area contributed by atoms with Crippen LogP contribution in [0.1, 0.15) is 44.9 Å². The Morgan fingerprint density at radius 3 is 2.29 bits per heavy atom. The van der Waals surface area contributed by atoms with Crippen LogP contribution in [0.5, 0.6) is 0 Å². The molecule has 0 saturated carbocycles. The van der Waals surface area contributed by atoms with E-state index < -0.39 is 0 Å². The Morgan fingerprint density at radius 2 is 1.81 bits per heavy atom. The van der Waals surface area contributed by atoms with E-state index in [1.165, 1.54) is 11.1 Å². The summed E-state index contributed by atoms with van der Waals surface area (Å²) in [4.78, 5) is 2.48. The number of likely N-dealkylation sites (N-methyl/N-ethyl adjacent to an activating group) is 2. The Bertz CT molecular complexity index is 377. The van der Waals surface area contributed by atoms with Crippen LogP contribution >= 0.6 is 0 Å². The van der Waals surface area contributed by atoms with Crippen molar-refractivity contribution in [1.29, 1.82) is 0 Å². The van der Waals surface area contributed by atoms with Crippen molar-refractivity contribution >= 4 is 0 Å². The Kier molecular flexibility index (Phi) is 8.58. The molecule has 1 aromatic rings. The van der Waals surface area contributed by atoms with E-state index in [-0.39, 0.29) is 0 Å². The Balaban J connectivity index is 2.75. The molecule has 3 nitrogen and oxygen atoms in total. The number of aryl methyl sites for hydroxylation is 1. The van der Waals surface area contributed by atoms with Gasteiger partial charge in [-0.1, -0.05) is 38.1 Å². The number of rotatable bonds is 10. The van der Waals surface area contributed by atoms with Gasteiger partial charge in [0, 0.05) is 25.2 Å². The summed E-state index contributed by atoms with van der Waals surface area (Å²) in [7, 11) is 2.05. The van der Waals surface area contributed by atoms with E-state index in [1.807, 2.05) is 14.0 Å². The van der Waals surface area contributed by atoms with Gasteiger partial charge in [-0.05, 0) is 45.0 Å². The highest BCUT2D eigenvalue weighted by molar-refractivity contribution is 5.26. The molecule has 1 N–H and O–H groups in total. The van der Waals surface area contributed by atoms with Gasteiger partial charge in [-0.15, -0.1) is 0 Å². The molecule has 0 aromatic heterocycles. The highest BCUT2D eigenvalue weighted by Gasteiger charge is 2.22. The normalized spacial score (nSPS) is 14.4. The first-order valence-corrected chi connectivity index (χ1v) is 8.25. The van der Waals surface area contributed by atoms with Crippen LogP contribution < -0.4 is 5.32 Å². The summed E-state index contributed by atoms with van der Waals surface area (Å²) >= 11 is 0. The lowest BCUT2D eigenvalue weighted by Gasteiger charge is -2.34. The number of nitrogens with one attached hydrogen (secondary N) is 1. The van der Waals surface area contributed by atoms with Crippen LogP contribution in [0.25, 0.3) is 0 Å². The highest BCUT2D eigenvalue weighted by Crippen LogP contribution is 2.21. The van der Waals surface area contributed by atoms with Crippen molar-refractivity contribution in [3.63, 3.8) is 0 Å². The first-order valence-electron chi connectivity index (χ1n) is 8.25. The zero-order valence-electron chi connectivity index (χ0n) is 14.4. The molecule has 0 aliphatic rings. The van der Waals surface area contributed by atoms with Crippen molar-refractivity contribution in [3.05, 3.63) is 35.4 Å². The molecule has 21 heavy (non-hydrogen) atoms. The summed E-state index contributed by atoms with van der Waals surface area (Å²) in [6.07, 6.45) is 1.09. The molecule has 0 amide bonds. The second-order valence-corrected chi connectivity index (χ2v) is 5.43. The van der Waals surface area contributed by atoms with Gasteiger partial charge in [0.2, 0.25) is 0 Å². The number of hydrogen-bond acceptors (Lipinski definition) is 3. The largest absolute Gasteiger partial charge is 0.380 e. The van der Waals surface area contributed by atoms with E-state index in [0.717, 1.165) is 32.7 Å². The molecule has 3 heteroatoms. The third kappa shape index (κ3) is 5.42. The van der Waals surface area contributed by atoms with Crippen LogP contribution in [0.4, 0.5) is 0 Å². The molecular formula is C18H32N2O. The predicted molar refractivity (Wildman–Crippen MR) is 90.8 cm³/mol. The molecule has 0 aliphatic carbocycles. The summed E-state index contributed by atoms with van der Waals surface area (Å²) in [5.74, 6) is 0. The monoisotopic (exact) mass is 292 g/mol. The molecule has 0 saturated heterocycles. The molecule has 120 valence electrons. The van der Waals surface area contributed by atoms with Crippen molar-refractivity contribution in [3.8, 4) is 0 Å². The average molecular weight is 292 g/mol. The fourth-order valence-corrected chi connectivity index (χ4v) is 2.83. The van der Waals surface area contributed by atoms with Gasteiger partial charge in [0.25, 0.3) is 0 Å². The molecule has 2 unspecified atom stereocenters. The molecule has 0 radical (unpaired) electrons. The Hall–Kier alpha value is -0.900. The summed E-state index contributed by atoms with van der Waals surface area (Å²) in [6.45, 7) is 12.4. The molecule has 1 rings (SSSR count). The van der Waals surface area contributed by atoms with E-state index in [1.54, 1.807) is 0 Å². The minimum absolute atomic E-state index is 0.345. The van der Waals surface area contributed by atoms with Gasteiger partial charge in [0.15, 0.2) is 0 Å². The molecular weight excluding hydrogens is 260 g/mol. The predicted octanol–water partition coefficient (Wildman–Crippen LogP) is 3.26. The number of nitrogens with zero attached hydrogens (tertiary/aromatic N) is 1. The minimum atomic E-state index is 0.345. The van der Waals surface area contributed by atoms with Crippen molar-refractivity contribution in [2.24, 2.45) is 0 Å². The average Bonchev–Trinajstić information content (AvgIpc) is 2.53. The summed E-state index contributed by atoms with van der Waals surface area (Å²) < 4.78 is 5.50. The lowest BCUT2D eigenvalue weighted by molar-refractivity contribution is 0.0909.